The second-order valence-corrected chi connectivity index (χ2v) is 4.09. The Labute approximate surface area is 94.1 Å². The van der Waals surface area contributed by atoms with Gasteiger partial charge in [-0.15, -0.1) is 5.10 Å². The zero-order chi connectivity index (χ0) is 11.0. The highest BCUT2D eigenvalue weighted by Crippen LogP contribution is 2.12. The van der Waals surface area contributed by atoms with Gasteiger partial charge >= 0.3 is 0 Å². The zero-order valence-electron chi connectivity index (χ0n) is 9.35. The average molecular weight is 217 g/mol. The van der Waals surface area contributed by atoms with E-state index in [4.69, 9.17) is 0 Å². The van der Waals surface area contributed by atoms with E-state index in [9.17, 15) is 0 Å². The van der Waals surface area contributed by atoms with Crippen LogP contribution < -0.4 is 10.2 Å². The Morgan fingerprint density at radius 3 is 2.81 bits per heavy atom. The van der Waals surface area contributed by atoms with Crippen LogP contribution in [0.25, 0.3) is 5.65 Å². The lowest BCUT2D eigenvalue weighted by Gasteiger charge is -2.25. The zero-order valence-corrected chi connectivity index (χ0v) is 9.35. The van der Waals surface area contributed by atoms with Gasteiger partial charge in [0, 0.05) is 31.9 Å². The van der Waals surface area contributed by atoms with E-state index in [2.05, 4.69) is 20.3 Å². The lowest BCUT2D eigenvalue weighted by atomic mass is 10.4. The molecule has 1 fully saturated rings. The lowest BCUT2D eigenvalue weighted by Crippen LogP contribution is -2.44. The molecule has 0 amide bonds. The number of fused-ring (bicyclic) bond motifs is 1. The normalized spacial score (nSPS) is 16.9. The number of anilines is 1. The smallest absolute Gasteiger partial charge is 0.245 e. The maximum atomic E-state index is 4.55. The molecule has 0 spiro atoms. The fourth-order valence-corrected chi connectivity index (χ4v) is 2.02. The largest absolute Gasteiger partial charge is 0.337 e. The molecule has 0 aromatic carbocycles. The summed E-state index contributed by atoms with van der Waals surface area (Å²) in [5, 5.41) is 7.87. The van der Waals surface area contributed by atoms with Crippen LogP contribution in [0, 0.1) is 6.92 Å². The van der Waals surface area contributed by atoms with Crippen LogP contribution in [-0.2, 0) is 0 Å². The maximum absolute atomic E-state index is 4.55. The summed E-state index contributed by atoms with van der Waals surface area (Å²) in [6.07, 6.45) is 0. The Balaban J connectivity index is 2.01. The molecule has 84 valence electrons. The first kappa shape index (κ1) is 9.59. The summed E-state index contributed by atoms with van der Waals surface area (Å²) in [5.41, 5.74) is 2.04. The van der Waals surface area contributed by atoms with Gasteiger partial charge in [-0.25, -0.2) is 4.52 Å². The van der Waals surface area contributed by atoms with Gasteiger partial charge in [0.2, 0.25) is 5.95 Å². The average Bonchev–Trinajstić information content (AvgIpc) is 2.76. The molecule has 5 heteroatoms. The summed E-state index contributed by atoms with van der Waals surface area (Å²) >= 11 is 0. The highest BCUT2D eigenvalue weighted by atomic mass is 15.4. The van der Waals surface area contributed by atoms with E-state index in [-0.39, 0.29) is 0 Å². The molecule has 3 rings (SSSR count). The molecular weight excluding hydrogens is 202 g/mol. The molecule has 5 nitrogen and oxygen atoms in total. The van der Waals surface area contributed by atoms with E-state index < -0.39 is 0 Å². The van der Waals surface area contributed by atoms with Crippen LogP contribution in [0.5, 0.6) is 0 Å². The van der Waals surface area contributed by atoms with Gasteiger partial charge in [0.15, 0.2) is 5.65 Å². The van der Waals surface area contributed by atoms with Crippen LogP contribution in [0.15, 0.2) is 18.2 Å². The van der Waals surface area contributed by atoms with Gasteiger partial charge in [-0.1, -0.05) is 6.07 Å². The summed E-state index contributed by atoms with van der Waals surface area (Å²) < 4.78 is 1.90. The van der Waals surface area contributed by atoms with E-state index in [1.807, 2.05) is 29.6 Å². The summed E-state index contributed by atoms with van der Waals surface area (Å²) in [4.78, 5) is 6.77. The van der Waals surface area contributed by atoms with Crippen LogP contribution in [0.4, 0.5) is 5.95 Å². The molecule has 1 aliphatic rings. The van der Waals surface area contributed by atoms with Crippen molar-refractivity contribution in [2.24, 2.45) is 0 Å². The summed E-state index contributed by atoms with van der Waals surface area (Å²) in [5.74, 6) is 0.843. The first-order chi connectivity index (χ1) is 7.84. The van der Waals surface area contributed by atoms with Gasteiger partial charge in [-0.05, 0) is 19.1 Å². The van der Waals surface area contributed by atoms with E-state index in [0.29, 0.717) is 0 Å². The second kappa shape index (κ2) is 3.75. The molecule has 0 saturated carbocycles. The molecule has 0 radical (unpaired) electrons. The highest BCUT2D eigenvalue weighted by molar-refractivity contribution is 5.45. The standard InChI is InChI=1S/C11H15N5/c1-9-3-2-4-10-13-11(14-16(9)10)15-7-5-12-6-8-15/h2-4,12H,5-8H2,1H3. The Bertz CT molecular complexity index is 498. The Morgan fingerprint density at radius 1 is 1.25 bits per heavy atom. The molecule has 1 N–H and O–H groups in total. The third-order valence-corrected chi connectivity index (χ3v) is 2.94. The van der Waals surface area contributed by atoms with Crippen molar-refractivity contribution in [1.29, 1.82) is 0 Å². The third kappa shape index (κ3) is 1.53. The Hall–Kier alpha value is -1.62. The number of aryl methyl sites for hydroxylation is 1. The molecule has 3 heterocycles. The molecule has 16 heavy (non-hydrogen) atoms. The predicted molar refractivity (Wildman–Crippen MR) is 62.8 cm³/mol. The van der Waals surface area contributed by atoms with Crippen LogP contribution in [0.1, 0.15) is 5.69 Å². The quantitative estimate of drug-likeness (QED) is 0.753. The molecule has 1 aliphatic heterocycles. The minimum atomic E-state index is 0.843. The topological polar surface area (TPSA) is 45.5 Å². The molecule has 2 aromatic rings. The molecule has 0 bridgehead atoms. The van der Waals surface area contributed by atoms with Gasteiger partial charge < -0.3 is 10.2 Å². The van der Waals surface area contributed by atoms with Crippen LogP contribution in [-0.4, -0.2) is 40.8 Å². The van der Waals surface area contributed by atoms with E-state index >= 15 is 0 Å². The number of piperazine rings is 1. The van der Waals surface area contributed by atoms with E-state index in [1.165, 1.54) is 0 Å². The minimum absolute atomic E-state index is 0.843. The molecule has 1 saturated heterocycles. The molecular formula is C11H15N5. The number of nitrogens with zero attached hydrogens (tertiary/aromatic N) is 4. The van der Waals surface area contributed by atoms with Crippen molar-refractivity contribution in [2.45, 2.75) is 6.92 Å². The van der Waals surface area contributed by atoms with Gasteiger partial charge in [-0.2, -0.15) is 4.98 Å². The number of rotatable bonds is 1. The van der Waals surface area contributed by atoms with Crippen molar-refractivity contribution in [1.82, 2.24) is 19.9 Å². The van der Waals surface area contributed by atoms with Gasteiger partial charge in [-0.3, -0.25) is 0 Å². The SMILES string of the molecule is Cc1cccc2nc(N3CCNCC3)nn12. The van der Waals surface area contributed by atoms with Crippen molar-refractivity contribution >= 4 is 11.6 Å². The number of hydrogen-bond acceptors (Lipinski definition) is 4. The first-order valence-corrected chi connectivity index (χ1v) is 5.63. The van der Waals surface area contributed by atoms with Crippen molar-refractivity contribution in [3.8, 4) is 0 Å². The molecule has 0 unspecified atom stereocenters. The first-order valence-electron chi connectivity index (χ1n) is 5.63. The van der Waals surface area contributed by atoms with Crippen LogP contribution in [0.2, 0.25) is 0 Å². The van der Waals surface area contributed by atoms with Crippen molar-refractivity contribution in [2.75, 3.05) is 31.1 Å². The minimum Gasteiger partial charge on any atom is -0.337 e. The highest BCUT2D eigenvalue weighted by Gasteiger charge is 2.15. The monoisotopic (exact) mass is 217 g/mol. The molecule has 0 aliphatic carbocycles. The van der Waals surface area contributed by atoms with Crippen molar-refractivity contribution < 1.29 is 0 Å². The Kier molecular flexibility index (Phi) is 2.25. The van der Waals surface area contributed by atoms with Gasteiger partial charge in [0.05, 0.1) is 0 Å². The number of hydrogen-bond donors (Lipinski definition) is 1. The van der Waals surface area contributed by atoms with Crippen molar-refractivity contribution in [3.63, 3.8) is 0 Å². The fourth-order valence-electron chi connectivity index (χ4n) is 2.02. The van der Waals surface area contributed by atoms with Gasteiger partial charge in [0.25, 0.3) is 0 Å². The van der Waals surface area contributed by atoms with Crippen molar-refractivity contribution in [3.05, 3.63) is 23.9 Å². The third-order valence-electron chi connectivity index (χ3n) is 2.94. The maximum Gasteiger partial charge on any atom is 0.245 e. The number of pyridine rings is 1. The van der Waals surface area contributed by atoms with Crippen LogP contribution >= 0.6 is 0 Å². The fraction of sp³-hybridized carbons (Fsp3) is 0.455. The summed E-state index contributed by atoms with van der Waals surface area (Å²) in [6, 6.07) is 6.05. The summed E-state index contributed by atoms with van der Waals surface area (Å²) in [7, 11) is 0. The Morgan fingerprint density at radius 2 is 2.06 bits per heavy atom. The predicted octanol–water partition coefficient (Wildman–Crippen LogP) is 0.447. The second-order valence-electron chi connectivity index (χ2n) is 4.09. The van der Waals surface area contributed by atoms with Crippen LogP contribution in [0.3, 0.4) is 0 Å². The molecule has 2 aromatic heterocycles. The molecule has 0 atom stereocenters. The lowest BCUT2D eigenvalue weighted by molar-refractivity contribution is 0.579. The van der Waals surface area contributed by atoms with Gasteiger partial charge in [0.1, 0.15) is 0 Å². The summed E-state index contributed by atoms with van der Waals surface area (Å²) in [6.45, 7) is 6.03. The number of nitrogens with one attached hydrogen (secondary N) is 1. The van der Waals surface area contributed by atoms with E-state index in [0.717, 1.165) is 43.5 Å². The number of aromatic nitrogens is 3. The van der Waals surface area contributed by atoms with E-state index in [1.54, 1.807) is 0 Å².